The molecule has 6 aromatic carbocycles. The summed E-state index contributed by atoms with van der Waals surface area (Å²) < 4.78 is 220. The van der Waals surface area contributed by atoms with Gasteiger partial charge in [-0.1, -0.05) is 49.9 Å². The zero-order valence-electron chi connectivity index (χ0n) is 68.2. The highest BCUT2D eigenvalue weighted by Crippen LogP contribution is 2.50. The molecule has 674 valence electrons. The number of hydrogen-bond donors (Lipinski definition) is 7. The van der Waals surface area contributed by atoms with Crippen LogP contribution in [-0.2, 0) is 33.3 Å². The molecule has 0 saturated carbocycles. The lowest BCUT2D eigenvalue weighted by Crippen LogP contribution is -2.53. The summed E-state index contributed by atoms with van der Waals surface area (Å²) >= 11 is 11.5. The Morgan fingerprint density at radius 1 is 0.433 bits per heavy atom. The topological polar surface area (TPSA) is 250 Å². The zero-order valence-corrected chi connectivity index (χ0v) is 69.7. The van der Waals surface area contributed by atoms with Crippen LogP contribution in [0.2, 0.25) is 10.3 Å². The van der Waals surface area contributed by atoms with E-state index in [4.69, 9.17) is 23.2 Å². The van der Waals surface area contributed by atoms with E-state index in [9.17, 15) is 83.6 Å². The van der Waals surface area contributed by atoms with Crippen LogP contribution in [0.25, 0.3) is 0 Å². The molecule has 2 unspecified atom stereocenters. The van der Waals surface area contributed by atoms with Crippen molar-refractivity contribution in [3.63, 3.8) is 0 Å². The number of rotatable bonds is 20. The minimum absolute atomic E-state index is 0.0398. The van der Waals surface area contributed by atoms with E-state index in [0.29, 0.717) is 87.9 Å². The first-order valence-electron chi connectivity index (χ1n) is 40.6. The third-order valence-corrected chi connectivity index (χ3v) is 24.4. The molecule has 8 atom stereocenters. The number of allylic oxidation sites excluding steroid dienone is 3. The van der Waals surface area contributed by atoms with E-state index in [1.54, 1.807) is 6.92 Å². The van der Waals surface area contributed by atoms with Crippen LogP contribution in [0.15, 0.2) is 183 Å². The van der Waals surface area contributed by atoms with Gasteiger partial charge in [0.25, 0.3) is 29.5 Å². The van der Waals surface area contributed by atoms with Crippen molar-refractivity contribution in [2.24, 2.45) is 0 Å². The number of alkyl halides is 8. The van der Waals surface area contributed by atoms with Crippen molar-refractivity contribution < 1.29 is 110 Å². The third kappa shape index (κ3) is 21.3. The first-order chi connectivity index (χ1) is 59.9. The molecule has 7 aliphatic rings. The molecule has 36 heteroatoms. The number of pyridine rings is 2. The number of halogens is 17. The molecule has 0 aliphatic carbocycles. The maximum Gasteiger partial charge on any atom is 0.352 e. The number of aliphatic hydroxyl groups is 3. The molecule has 127 heavy (non-hydrogen) atoms. The number of Topliss-reactive ketones (excluding diaryl/α,β-unsaturated/α-hetero) is 1. The smallest absolute Gasteiger partial charge is 0.352 e. The largest absolute Gasteiger partial charge is 0.393 e. The molecular formula is C91H87Cl2F15N10O9. The molecule has 7 aliphatic heterocycles. The summed E-state index contributed by atoms with van der Waals surface area (Å²) in [6.45, 7) is 13.9. The van der Waals surface area contributed by atoms with Crippen molar-refractivity contribution in [1.82, 2.24) is 29.6 Å². The Kier molecular flexibility index (Phi) is 28.9. The van der Waals surface area contributed by atoms with Gasteiger partial charge in [-0.3, -0.25) is 28.8 Å². The molecule has 15 rings (SSSR count). The summed E-state index contributed by atoms with van der Waals surface area (Å²) in [5, 5.41) is 40.1. The molecule has 7 saturated heterocycles. The highest BCUT2D eigenvalue weighted by molar-refractivity contribution is 6.30. The fourth-order valence-electron chi connectivity index (χ4n) is 17.2. The van der Waals surface area contributed by atoms with Gasteiger partial charge in [0, 0.05) is 126 Å². The fraction of sp³-hybridized carbons (Fsp3) is 0.363. The average molecular weight is 1820 g/mol. The van der Waals surface area contributed by atoms with Crippen LogP contribution in [0.3, 0.4) is 0 Å². The van der Waals surface area contributed by atoms with Gasteiger partial charge in [0.15, 0.2) is 11.6 Å². The Bertz CT molecular complexity index is 5530. The predicted molar refractivity (Wildman–Crippen MR) is 443 cm³/mol. The van der Waals surface area contributed by atoms with Gasteiger partial charge in [0.05, 0.1) is 57.2 Å². The molecule has 5 amide bonds. The van der Waals surface area contributed by atoms with E-state index < -0.39 is 151 Å². The number of hydrogen-bond acceptors (Lipinski definition) is 14. The predicted octanol–water partition coefficient (Wildman–Crippen LogP) is 19.4. The number of aryl methyl sites for hydroxylation is 1. The minimum Gasteiger partial charge on any atom is -0.393 e. The Morgan fingerprint density at radius 3 is 1.08 bits per heavy atom. The second kappa shape index (κ2) is 38.7. The molecule has 0 spiro atoms. The number of likely N-dealkylation sites (tertiary alicyclic amines) is 1. The number of carbonyl (C=O) groups excluding carboxylic acids is 6. The van der Waals surface area contributed by atoms with Gasteiger partial charge in [-0.05, 0) is 230 Å². The maximum atomic E-state index is 15.5. The number of aromatic nitrogens is 2. The molecular weight excluding hydrogens is 1730 g/mol. The number of piperidine rings is 5. The van der Waals surface area contributed by atoms with Gasteiger partial charge in [0.1, 0.15) is 45.2 Å². The number of benzene rings is 6. The molecule has 6 bridgehead atoms. The van der Waals surface area contributed by atoms with Crippen LogP contribution in [0, 0.1) is 47.6 Å². The lowest BCUT2D eigenvalue weighted by Gasteiger charge is -2.49. The van der Waals surface area contributed by atoms with Crippen molar-refractivity contribution in [1.29, 1.82) is 0 Å². The number of aliphatic hydroxyl groups excluding tert-OH is 2. The Hall–Kier alpha value is -11.3. The van der Waals surface area contributed by atoms with Crippen LogP contribution >= 0.6 is 23.2 Å². The van der Waals surface area contributed by atoms with E-state index in [2.05, 4.69) is 51.0 Å². The van der Waals surface area contributed by atoms with Gasteiger partial charge < -0.3 is 56.2 Å². The van der Waals surface area contributed by atoms with Gasteiger partial charge in [-0.15, -0.1) is 0 Å². The summed E-state index contributed by atoms with van der Waals surface area (Å²) in [4.78, 5) is 87.5. The van der Waals surface area contributed by atoms with Crippen LogP contribution in [0.5, 0.6) is 0 Å². The summed E-state index contributed by atoms with van der Waals surface area (Å²) in [7, 11) is 0. The third-order valence-electron chi connectivity index (χ3n) is 24.0. The number of amides is 5. The quantitative estimate of drug-likeness (QED) is 0.0277. The number of fused-ring (bicyclic) bond motifs is 6. The van der Waals surface area contributed by atoms with Gasteiger partial charge in [0.2, 0.25) is 0 Å². The molecule has 9 heterocycles. The molecule has 0 radical (unpaired) electrons. The Morgan fingerprint density at radius 2 is 0.748 bits per heavy atom. The molecule has 7 fully saturated rings. The maximum absolute atomic E-state index is 15.5. The molecule has 7 N–H and O–H groups in total. The number of nitrogens with one attached hydrogen (secondary N) is 4. The Balaban J connectivity index is 0.000000154. The van der Waals surface area contributed by atoms with E-state index >= 15 is 26.3 Å². The van der Waals surface area contributed by atoms with Crippen molar-refractivity contribution in [2.75, 3.05) is 34.4 Å². The van der Waals surface area contributed by atoms with E-state index in [1.165, 1.54) is 76.5 Å². The normalized spacial score (nSPS) is 20.6. The lowest BCUT2D eigenvalue weighted by atomic mass is 9.82. The lowest BCUT2D eigenvalue weighted by molar-refractivity contribution is -0.163. The monoisotopic (exact) mass is 1820 g/mol. The van der Waals surface area contributed by atoms with Crippen LogP contribution < -0.4 is 21.3 Å². The number of anilines is 4. The van der Waals surface area contributed by atoms with Gasteiger partial charge in [-0.25, -0.2) is 40.7 Å². The van der Waals surface area contributed by atoms with Gasteiger partial charge in [-0.2, -0.15) is 35.1 Å². The number of carbonyl (C=O) groups is 6. The first kappa shape index (κ1) is 94.8. The summed E-state index contributed by atoms with van der Waals surface area (Å²) in [6, 6.07) is 20.9. The second-order valence-electron chi connectivity index (χ2n) is 32.4. The highest BCUT2D eigenvalue weighted by Gasteiger charge is 2.54. The first-order valence-corrected chi connectivity index (χ1v) is 41.4. The summed E-state index contributed by atoms with van der Waals surface area (Å²) in [5.74, 6) is -27.6. The van der Waals surface area contributed by atoms with E-state index in [-0.39, 0.29) is 130 Å². The molecule has 8 aromatic rings. The van der Waals surface area contributed by atoms with Crippen molar-refractivity contribution in [2.45, 2.75) is 194 Å². The van der Waals surface area contributed by atoms with Gasteiger partial charge >= 0.3 is 23.7 Å². The molecule has 2 aromatic heterocycles. The summed E-state index contributed by atoms with van der Waals surface area (Å²) in [5.41, 5.74) is -6.43. The van der Waals surface area contributed by atoms with Crippen molar-refractivity contribution >= 4 is 81.3 Å². The Labute approximate surface area is 729 Å². The average Bonchev–Trinajstić information content (AvgIpc) is 0.989. The van der Waals surface area contributed by atoms with Crippen LogP contribution in [0.4, 0.5) is 88.6 Å². The van der Waals surface area contributed by atoms with Crippen LogP contribution in [0.1, 0.15) is 179 Å². The zero-order chi connectivity index (χ0) is 92.3. The second-order valence-corrected chi connectivity index (χ2v) is 33.1. The minimum atomic E-state index is -4.18. The van der Waals surface area contributed by atoms with Crippen molar-refractivity contribution in [3.8, 4) is 0 Å². The molecule has 19 nitrogen and oxygen atoms in total. The fourth-order valence-corrected chi connectivity index (χ4v) is 17.6. The van der Waals surface area contributed by atoms with Crippen molar-refractivity contribution in [3.05, 3.63) is 284 Å². The van der Waals surface area contributed by atoms with E-state index in [1.807, 2.05) is 0 Å². The van der Waals surface area contributed by atoms with E-state index in [0.717, 1.165) is 96.2 Å². The number of nitrogens with zero attached hydrogens (tertiary/aromatic N) is 6. The summed E-state index contributed by atoms with van der Waals surface area (Å²) in [6.07, 6.45) is 8.84. The highest BCUT2D eigenvalue weighted by atomic mass is 35.5. The SMILES string of the molecule is C=C(N1[C@@H]2CCC[C@H]1CC(=O)C2)C(F)(F)c1cc(C(=O)Nc2ccc(F)c(C)c2)ccc1F.C=C(N1[C@@H]2CC[C@H]1CC(O)C2)C(F)(F)c1cc(C(=O)Nc2ccc(F)c(F)c2)ccc1F.C=C(N1[C@@H]2CC[C@H]1CC(O)C2)C(F)(F)c1cc(C(=O)Nc2ccnc(Cl)c2)ccc1F.CCC1(O)CCN(C(=O)C(F)(F)c2cc(C(=O)Nc3ccnc(Cl)c3)ccc2F)CC1. The standard InChI is InChI=1S/C25H24F4N2O2.C23H21F5N2O2.C22H21ClF3N3O2.C21H21ClF3N3O3/c1-14-10-17(7-9-22(14)26)30-24(33)16-6-8-23(27)21(11-16)25(28,29)15(2)31-18-4-3-5-19(31)13-20(32)12-18;1-12(30-15-4-5-16(30)11-17(31)10-15)23(27,28)18-8-13(2-6-19(18)24)22(32)29-14-3-7-20(25)21(26)9-14;1-12(29-15-3-4-16(29)11-17(30)10-15)22(25,26)18-8-13(2-5-19(18)24)21(31)28-14-6-7-27-20(23)9-14;1-2-20(31)6-9-28(10-7-20)19(30)21(24,25)15-11-13(3-4-16(15)23)18(29)27-14-5-8-26-17(22)12-14/h6-11,18-19H,2-5,12-13H2,1H3,(H,30,33);2-3,6-9,15-17,31H,1,4-5,10-11H2,(H,29,32);2,5-9,15-17,30H,1,3-4,10-11H2,(H,27,28,31);3-5,8,11-12,31H,2,6-7,9-10H2,1H3,(H,26,27,29)/t18-,19+;2*15-,16+,17?;. The van der Waals surface area contributed by atoms with Crippen LogP contribution in [-0.4, -0.2) is 147 Å². The number of ketones is 1.